The number of carboxylic acid groups (broad SMARTS) is 1. The Hall–Kier alpha value is -3.04. The lowest BCUT2D eigenvalue weighted by Gasteiger charge is -2.11. The number of benzene rings is 1. The van der Waals surface area contributed by atoms with Crippen molar-refractivity contribution in [2.45, 2.75) is 19.8 Å². The topological polar surface area (TPSA) is 114 Å². The van der Waals surface area contributed by atoms with Gasteiger partial charge in [0.25, 0.3) is 11.1 Å². The molecule has 2 aromatic rings. The van der Waals surface area contributed by atoms with Gasteiger partial charge in [0.05, 0.1) is 22.1 Å². The molecule has 3 rings (SSSR count). The van der Waals surface area contributed by atoms with Gasteiger partial charge < -0.3 is 14.3 Å². The molecule has 2 heterocycles. The van der Waals surface area contributed by atoms with Gasteiger partial charge in [-0.1, -0.05) is 24.9 Å². The maximum Gasteiger partial charge on any atom is 0.337 e. The molecular weight excluding hydrogens is 446 g/mol. The van der Waals surface area contributed by atoms with Crippen LogP contribution in [-0.4, -0.2) is 46.2 Å². The summed E-state index contributed by atoms with van der Waals surface area (Å²) in [6.45, 7) is 1.75. The minimum absolute atomic E-state index is 0.0657. The summed E-state index contributed by atoms with van der Waals surface area (Å²) >= 11 is 6.58. The van der Waals surface area contributed by atoms with Gasteiger partial charge in [0.1, 0.15) is 18.1 Å². The van der Waals surface area contributed by atoms with Crippen molar-refractivity contribution in [3.05, 3.63) is 51.6 Å². The predicted octanol–water partition coefficient (Wildman–Crippen LogP) is 4.68. The smallest absolute Gasteiger partial charge is 0.337 e. The summed E-state index contributed by atoms with van der Waals surface area (Å²) in [5.74, 6) is -1.77. The van der Waals surface area contributed by atoms with E-state index >= 15 is 0 Å². The number of aromatic carboxylic acids is 1. The van der Waals surface area contributed by atoms with E-state index in [0.29, 0.717) is 29.5 Å². The van der Waals surface area contributed by atoms with Crippen molar-refractivity contribution in [1.82, 2.24) is 4.90 Å². The van der Waals surface area contributed by atoms with Gasteiger partial charge in [0.15, 0.2) is 0 Å². The normalized spacial score (nSPS) is 15.0. The molecule has 0 aliphatic carbocycles. The summed E-state index contributed by atoms with van der Waals surface area (Å²) in [7, 11) is 0. The third kappa shape index (κ3) is 5.36. The number of amides is 2. The maximum absolute atomic E-state index is 12.5. The Kier molecular flexibility index (Phi) is 7.19. The zero-order chi connectivity index (χ0) is 22.5. The molecule has 2 amide bonds. The summed E-state index contributed by atoms with van der Waals surface area (Å²) in [5.41, 5.74) is 0.424. The molecule has 0 saturated carbocycles. The predicted molar refractivity (Wildman–Crippen MR) is 115 cm³/mol. The third-order valence-corrected chi connectivity index (χ3v) is 5.54. The molecule has 0 unspecified atom stereocenters. The van der Waals surface area contributed by atoms with Gasteiger partial charge in [-0.05, 0) is 48.5 Å². The van der Waals surface area contributed by atoms with Gasteiger partial charge in [-0.25, -0.2) is 4.79 Å². The van der Waals surface area contributed by atoms with Gasteiger partial charge in [0.2, 0.25) is 0 Å². The number of furan rings is 1. The van der Waals surface area contributed by atoms with E-state index in [1.54, 1.807) is 18.2 Å². The minimum atomic E-state index is -1.17. The lowest BCUT2D eigenvalue weighted by molar-refractivity contribution is -0.146. The molecule has 1 saturated heterocycles. The third-order valence-electron chi connectivity index (χ3n) is 4.30. The van der Waals surface area contributed by atoms with Crippen molar-refractivity contribution in [3.8, 4) is 11.3 Å². The number of esters is 1. The number of rotatable bonds is 8. The van der Waals surface area contributed by atoms with Crippen LogP contribution in [0.4, 0.5) is 4.79 Å². The highest BCUT2D eigenvalue weighted by atomic mass is 35.5. The van der Waals surface area contributed by atoms with Crippen LogP contribution in [-0.2, 0) is 14.3 Å². The van der Waals surface area contributed by atoms with Crippen LogP contribution in [0.2, 0.25) is 5.02 Å². The Morgan fingerprint density at radius 3 is 2.74 bits per heavy atom. The lowest BCUT2D eigenvalue weighted by Crippen LogP contribution is -2.34. The SMILES string of the molecule is CCCCOC(=O)CN1C(=O)S/C(=C/c2ccc(-c3ccc(Cl)c(C(=O)O)c3)o2)C1=O. The second-order valence-electron chi connectivity index (χ2n) is 6.54. The van der Waals surface area contributed by atoms with E-state index in [0.717, 1.165) is 11.3 Å². The monoisotopic (exact) mass is 463 g/mol. The fourth-order valence-corrected chi connectivity index (χ4v) is 3.72. The Morgan fingerprint density at radius 2 is 2.03 bits per heavy atom. The highest BCUT2D eigenvalue weighted by molar-refractivity contribution is 8.18. The van der Waals surface area contributed by atoms with Crippen molar-refractivity contribution in [2.75, 3.05) is 13.2 Å². The van der Waals surface area contributed by atoms with E-state index in [4.69, 9.17) is 20.8 Å². The summed E-state index contributed by atoms with van der Waals surface area (Å²) in [6.07, 6.45) is 2.96. The largest absolute Gasteiger partial charge is 0.478 e. The first kappa shape index (κ1) is 22.6. The standard InChI is InChI=1S/C21H18ClNO7S/c1-2-3-8-29-18(24)11-23-19(25)17(31-21(23)28)10-13-5-7-16(30-13)12-4-6-15(22)14(9-12)20(26)27/h4-7,9-10H,2-3,8,11H2,1H3,(H,26,27)/b17-10+. The van der Waals surface area contributed by atoms with E-state index in [1.807, 2.05) is 6.92 Å². The van der Waals surface area contributed by atoms with Gasteiger partial charge in [0, 0.05) is 11.6 Å². The Balaban J connectivity index is 1.73. The van der Waals surface area contributed by atoms with Crippen LogP contribution < -0.4 is 0 Å². The first-order valence-electron chi connectivity index (χ1n) is 9.34. The number of hydrogen-bond acceptors (Lipinski definition) is 7. The maximum atomic E-state index is 12.5. The van der Waals surface area contributed by atoms with E-state index in [9.17, 15) is 24.3 Å². The molecule has 0 radical (unpaired) electrons. The molecule has 1 N–H and O–H groups in total. The van der Waals surface area contributed by atoms with Crippen LogP contribution in [0.1, 0.15) is 35.9 Å². The first-order chi connectivity index (χ1) is 14.8. The number of thioether (sulfide) groups is 1. The highest BCUT2D eigenvalue weighted by Gasteiger charge is 2.36. The molecule has 1 aliphatic rings. The van der Waals surface area contributed by atoms with Crippen LogP contribution in [0.5, 0.6) is 0 Å². The number of unbranched alkanes of at least 4 members (excludes halogenated alkanes) is 1. The van der Waals surface area contributed by atoms with Crippen molar-refractivity contribution < 1.29 is 33.4 Å². The highest BCUT2D eigenvalue weighted by Crippen LogP contribution is 2.33. The quantitative estimate of drug-likeness (QED) is 0.341. The average molecular weight is 464 g/mol. The molecule has 10 heteroatoms. The number of hydrogen-bond donors (Lipinski definition) is 1. The number of carboxylic acids is 1. The molecule has 1 fully saturated rings. The molecule has 1 aromatic carbocycles. The zero-order valence-electron chi connectivity index (χ0n) is 16.4. The van der Waals surface area contributed by atoms with Crippen LogP contribution in [0.15, 0.2) is 39.7 Å². The summed E-state index contributed by atoms with van der Waals surface area (Å²) < 4.78 is 10.7. The molecule has 1 aromatic heterocycles. The number of carbonyl (C=O) groups excluding carboxylic acids is 3. The molecular formula is C21H18ClNO7S. The van der Waals surface area contributed by atoms with Crippen LogP contribution in [0.25, 0.3) is 17.4 Å². The van der Waals surface area contributed by atoms with Crippen LogP contribution in [0.3, 0.4) is 0 Å². The van der Waals surface area contributed by atoms with Gasteiger partial charge in [-0.3, -0.25) is 19.3 Å². The average Bonchev–Trinajstić information content (AvgIpc) is 3.29. The minimum Gasteiger partial charge on any atom is -0.478 e. The number of imide groups is 1. The van der Waals surface area contributed by atoms with E-state index < -0.39 is 29.6 Å². The Labute approximate surface area is 186 Å². The lowest BCUT2D eigenvalue weighted by atomic mass is 10.1. The number of halogens is 1. The molecule has 1 aliphatic heterocycles. The second-order valence-corrected chi connectivity index (χ2v) is 7.94. The van der Waals surface area contributed by atoms with Gasteiger partial charge in [-0.2, -0.15) is 0 Å². The zero-order valence-corrected chi connectivity index (χ0v) is 18.0. The fraction of sp³-hybridized carbons (Fsp3) is 0.238. The number of carbonyl (C=O) groups is 4. The van der Waals surface area contributed by atoms with E-state index in [1.165, 1.54) is 18.2 Å². The van der Waals surface area contributed by atoms with Crippen molar-refractivity contribution >= 4 is 52.5 Å². The Morgan fingerprint density at radius 1 is 1.26 bits per heavy atom. The van der Waals surface area contributed by atoms with Gasteiger partial charge >= 0.3 is 11.9 Å². The second kappa shape index (κ2) is 9.84. The molecule has 162 valence electrons. The fourth-order valence-electron chi connectivity index (χ4n) is 2.70. The number of nitrogens with zero attached hydrogens (tertiary/aromatic N) is 1. The summed E-state index contributed by atoms with van der Waals surface area (Å²) in [4.78, 5) is 48.6. The van der Waals surface area contributed by atoms with Crippen molar-refractivity contribution in [2.24, 2.45) is 0 Å². The molecule has 0 atom stereocenters. The van der Waals surface area contributed by atoms with Crippen molar-refractivity contribution in [3.63, 3.8) is 0 Å². The molecule has 31 heavy (non-hydrogen) atoms. The van der Waals surface area contributed by atoms with Crippen LogP contribution >= 0.6 is 23.4 Å². The molecule has 0 spiro atoms. The Bertz CT molecular complexity index is 1080. The van der Waals surface area contributed by atoms with E-state index in [-0.39, 0.29) is 27.9 Å². The van der Waals surface area contributed by atoms with Gasteiger partial charge in [-0.15, -0.1) is 0 Å². The molecule has 8 nitrogen and oxygen atoms in total. The molecule has 0 bridgehead atoms. The van der Waals surface area contributed by atoms with E-state index in [2.05, 4.69) is 0 Å². The van der Waals surface area contributed by atoms with Crippen molar-refractivity contribution in [1.29, 1.82) is 0 Å². The summed E-state index contributed by atoms with van der Waals surface area (Å²) in [6, 6.07) is 7.63. The summed E-state index contributed by atoms with van der Waals surface area (Å²) in [5, 5.41) is 8.73. The number of ether oxygens (including phenoxy) is 1. The first-order valence-corrected chi connectivity index (χ1v) is 10.5. The van der Waals surface area contributed by atoms with Crippen LogP contribution in [0, 0.1) is 0 Å².